The Bertz CT molecular complexity index is 689. The number of para-hydroxylation sites is 1. The van der Waals surface area contributed by atoms with Gasteiger partial charge in [-0.2, -0.15) is 13.2 Å². The molecule has 8 heteroatoms. The third-order valence-corrected chi connectivity index (χ3v) is 3.00. The molecule has 1 aromatic carbocycles. The number of hydrogen-bond acceptors (Lipinski definition) is 3. The van der Waals surface area contributed by atoms with Crippen molar-refractivity contribution >= 4 is 33.4 Å². The molecule has 0 amide bonds. The summed E-state index contributed by atoms with van der Waals surface area (Å²) >= 11 is 3.06. The van der Waals surface area contributed by atoms with Crippen molar-refractivity contribution in [2.75, 3.05) is 5.32 Å². The Kier molecular flexibility index (Phi) is 4.17. The molecule has 0 saturated carbocycles. The van der Waals surface area contributed by atoms with Crippen LogP contribution in [-0.4, -0.2) is 16.1 Å². The van der Waals surface area contributed by atoms with E-state index in [0.717, 1.165) is 6.07 Å². The van der Waals surface area contributed by atoms with E-state index in [9.17, 15) is 18.0 Å². The van der Waals surface area contributed by atoms with E-state index in [1.54, 1.807) is 0 Å². The van der Waals surface area contributed by atoms with Crippen LogP contribution in [-0.2, 0) is 6.18 Å². The highest BCUT2D eigenvalue weighted by Gasteiger charge is 2.33. The zero-order valence-electron chi connectivity index (χ0n) is 10.3. The molecule has 0 aliphatic heterocycles. The molecule has 1 heterocycles. The molecule has 0 atom stereocenters. The third-order valence-electron chi connectivity index (χ3n) is 2.57. The summed E-state index contributed by atoms with van der Waals surface area (Å²) in [6, 6.07) is 6.03. The van der Waals surface area contributed by atoms with Crippen LogP contribution in [0.25, 0.3) is 0 Å². The first-order valence-corrected chi connectivity index (χ1v) is 6.40. The van der Waals surface area contributed by atoms with Crippen LogP contribution in [0.4, 0.5) is 24.7 Å². The molecule has 0 aliphatic carbocycles. The number of benzene rings is 1. The van der Waals surface area contributed by atoms with E-state index in [4.69, 9.17) is 5.11 Å². The Balaban J connectivity index is 2.47. The van der Waals surface area contributed by atoms with E-state index in [1.165, 1.54) is 30.5 Å². The Morgan fingerprint density at radius 3 is 2.57 bits per heavy atom. The molecule has 0 spiro atoms. The number of aromatic nitrogens is 1. The molecule has 21 heavy (non-hydrogen) atoms. The van der Waals surface area contributed by atoms with Crippen molar-refractivity contribution < 1.29 is 23.1 Å². The Hall–Kier alpha value is -2.09. The molecule has 0 fully saturated rings. The van der Waals surface area contributed by atoms with Crippen LogP contribution in [0.3, 0.4) is 0 Å². The second-order valence-electron chi connectivity index (χ2n) is 4.02. The van der Waals surface area contributed by atoms with Gasteiger partial charge in [0.05, 0.1) is 11.3 Å². The zero-order chi connectivity index (χ0) is 15.6. The summed E-state index contributed by atoms with van der Waals surface area (Å²) < 4.78 is 39.1. The first kappa shape index (κ1) is 15.3. The number of rotatable bonds is 3. The van der Waals surface area contributed by atoms with Gasteiger partial charge in [-0.3, -0.25) is 0 Å². The van der Waals surface area contributed by atoms with Crippen molar-refractivity contribution in [3.63, 3.8) is 0 Å². The molecule has 2 aromatic rings. The summed E-state index contributed by atoms with van der Waals surface area (Å²) in [4.78, 5) is 14.9. The van der Waals surface area contributed by atoms with E-state index >= 15 is 0 Å². The number of halogens is 4. The van der Waals surface area contributed by atoms with Gasteiger partial charge in [-0.25, -0.2) is 9.78 Å². The van der Waals surface area contributed by atoms with Crippen molar-refractivity contribution in [2.45, 2.75) is 6.18 Å². The highest BCUT2D eigenvalue weighted by atomic mass is 79.9. The summed E-state index contributed by atoms with van der Waals surface area (Å²) in [6.07, 6.45) is -3.26. The standard InChI is InChI=1S/C13H8BrF3N2O2/c14-7-5-8(12(20)21)11(18-6-7)19-10-4-2-1-3-9(10)13(15,16)17/h1-6H,(H,18,19)(H,20,21). The molecule has 1 aromatic heterocycles. The summed E-state index contributed by atoms with van der Waals surface area (Å²) in [5.41, 5.74) is -1.39. The van der Waals surface area contributed by atoms with Crippen LogP contribution >= 0.6 is 15.9 Å². The van der Waals surface area contributed by atoms with Gasteiger partial charge in [0.2, 0.25) is 0 Å². The van der Waals surface area contributed by atoms with Crippen molar-refractivity contribution in [1.29, 1.82) is 0 Å². The van der Waals surface area contributed by atoms with Gasteiger partial charge in [0.25, 0.3) is 0 Å². The summed E-state index contributed by atoms with van der Waals surface area (Å²) in [5, 5.41) is 11.5. The number of hydrogen-bond donors (Lipinski definition) is 2. The predicted octanol–water partition coefficient (Wildman–Crippen LogP) is 4.30. The fourth-order valence-electron chi connectivity index (χ4n) is 1.67. The lowest BCUT2D eigenvalue weighted by atomic mass is 10.1. The minimum Gasteiger partial charge on any atom is -0.478 e. The number of anilines is 2. The zero-order valence-corrected chi connectivity index (χ0v) is 11.9. The number of carboxylic acid groups (broad SMARTS) is 1. The molecule has 0 aliphatic rings. The van der Waals surface area contributed by atoms with Gasteiger partial charge >= 0.3 is 12.1 Å². The second kappa shape index (κ2) is 5.72. The van der Waals surface area contributed by atoms with Gasteiger partial charge in [-0.1, -0.05) is 12.1 Å². The Labute approximate surface area is 125 Å². The van der Waals surface area contributed by atoms with E-state index in [1.807, 2.05) is 0 Å². The lowest BCUT2D eigenvalue weighted by molar-refractivity contribution is -0.136. The van der Waals surface area contributed by atoms with Crippen LogP contribution in [0, 0.1) is 0 Å². The minimum absolute atomic E-state index is 0.164. The van der Waals surface area contributed by atoms with Gasteiger partial charge in [0.1, 0.15) is 11.4 Å². The number of alkyl halides is 3. The summed E-state index contributed by atoms with van der Waals surface area (Å²) in [7, 11) is 0. The maximum Gasteiger partial charge on any atom is 0.418 e. The number of carbonyl (C=O) groups is 1. The molecular weight excluding hydrogens is 353 g/mol. The van der Waals surface area contributed by atoms with Gasteiger partial charge in [-0.05, 0) is 34.1 Å². The van der Waals surface area contributed by atoms with E-state index in [-0.39, 0.29) is 17.1 Å². The number of pyridine rings is 1. The van der Waals surface area contributed by atoms with Gasteiger partial charge in [0.15, 0.2) is 0 Å². The lowest BCUT2D eigenvalue weighted by Gasteiger charge is -2.15. The van der Waals surface area contributed by atoms with Crippen LogP contribution in [0.2, 0.25) is 0 Å². The molecule has 110 valence electrons. The molecule has 0 radical (unpaired) electrons. The number of nitrogens with one attached hydrogen (secondary N) is 1. The third kappa shape index (κ3) is 3.52. The molecule has 0 saturated heterocycles. The monoisotopic (exact) mass is 360 g/mol. The highest BCUT2D eigenvalue weighted by Crippen LogP contribution is 2.36. The molecule has 4 nitrogen and oxygen atoms in total. The van der Waals surface area contributed by atoms with E-state index in [2.05, 4.69) is 26.2 Å². The van der Waals surface area contributed by atoms with Gasteiger partial charge in [-0.15, -0.1) is 0 Å². The second-order valence-corrected chi connectivity index (χ2v) is 4.94. The van der Waals surface area contributed by atoms with Crippen LogP contribution in [0.1, 0.15) is 15.9 Å². The van der Waals surface area contributed by atoms with Crippen LogP contribution in [0.15, 0.2) is 41.0 Å². The summed E-state index contributed by atoms with van der Waals surface area (Å²) in [6.45, 7) is 0. The first-order valence-electron chi connectivity index (χ1n) is 5.61. The SMILES string of the molecule is O=C(O)c1cc(Br)cnc1Nc1ccccc1C(F)(F)F. The maximum atomic E-state index is 12.9. The Morgan fingerprint density at radius 2 is 1.95 bits per heavy atom. The average molecular weight is 361 g/mol. The largest absolute Gasteiger partial charge is 0.478 e. The molecule has 0 bridgehead atoms. The van der Waals surface area contributed by atoms with Crippen molar-refractivity contribution in [3.8, 4) is 0 Å². The number of carboxylic acids is 1. The normalized spacial score (nSPS) is 11.2. The fraction of sp³-hybridized carbons (Fsp3) is 0.0769. The maximum absolute atomic E-state index is 12.9. The topological polar surface area (TPSA) is 62.2 Å². The first-order chi connectivity index (χ1) is 9.79. The average Bonchev–Trinajstić information content (AvgIpc) is 2.40. The molecule has 0 unspecified atom stereocenters. The minimum atomic E-state index is -4.55. The quantitative estimate of drug-likeness (QED) is 0.856. The number of nitrogens with zero attached hydrogens (tertiary/aromatic N) is 1. The molecule has 2 N–H and O–H groups in total. The van der Waals surface area contributed by atoms with Gasteiger partial charge in [0, 0.05) is 10.7 Å². The highest BCUT2D eigenvalue weighted by molar-refractivity contribution is 9.10. The Morgan fingerprint density at radius 1 is 1.29 bits per heavy atom. The van der Waals surface area contributed by atoms with Crippen molar-refractivity contribution in [2.24, 2.45) is 0 Å². The molecular formula is C13H8BrF3N2O2. The molecule has 2 rings (SSSR count). The van der Waals surface area contributed by atoms with Crippen LogP contribution in [0.5, 0.6) is 0 Å². The van der Waals surface area contributed by atoms with E-state index < -0.39 is 17.7 Å². The summed E-state index contributed by atoms with van der Waals surface area (Å²) in [5.74, 6) is -1.46. The number of aromatic carboxylic acids is 1. The van der Waals surface area contributed by atoms with E-state index in [0.29, 0.717) is 4.47 Å². The smallest absolute Gasteiger partial charge is 0.418 e. The lowest BCUT2D eigenvalue weighted by Crippen LogP contribution is -2.11. The van der Waals surface area contributed by atoms with Gasteiger partial charge < -0.3 is 10.4 Å². The van der Waals surface area contributed by atoms with Crippen molar-refractivity contribution in [3.05, 3.63) is 52.1 Å². The van der Waals surface area contributed by atoms with Crippen molar-refractivity contribution in [1.82, 2.24) is 4.98 Å². The fourth-order valence-corrected chi connectivity index (χ4v) is 2.00. The van der Waals surface area contributed by atoms with Crippen LogP contribution < -0.4 is 5.32 Å². The predicted molar refractivity (Wildman–Crippen MR) is 73.6 cm³/mol.